The lowest BCUT2D eigenvalue weighted by Gasteiger charge is -2.16. The summed E-state index contributed by atoms with van der Waals surface area (Å²) >= 11 is 0. The van der Waals surface area contributed by atoms with Gasteiger partial charge in [-0.05, 0) is 12.8 Å². The number of primary amides is 1. The van der Waals surface area contributed by atoms with E-state index >= 15 is 0 Å². The molecule has 1 rings (SSSR count). The summed E-state index contributed by atoms with van der Waals surface area (Å²) in [5.41, 5.74) is 4.97. The maximum atomic E-state index is 11.4. The lowest BCUT2D eigenvalue weighted by molar-refractivity contribution is -0.131. The molecule has 0 aliphatic heterocycles. The van der Waals surface area contributed by atoms with Gasteiger partial charge >= 0.3 is 6.03 Å². The van der Waals surface area contributed by atoms with Crippen molar-refractivity contribution in [1.82, 2.24) is 4.90 Å². The Hall–Kier alpha value is -1.06. The van der Waals surface area contributed by atoms with Crippen molar-refractivity contribution < 1.29 is 9.59 Å². The summed E-state index contributed by atoms with van der Waals surface area (Å²) in [5.74, 6) is -0.0949. The number of imide groups is 1. The monoisotopic (exact) mass is 170 g/mol. The quantitative estimate of drug-likeness (QED) is 0.630. The third-order valence-electron chi connectivity index (χ3n) is 2.37. The summed E-state index contributed by atoms with van der Waals surface area (Å²) in [4.78, 5) is 23.0. The average Bonchev–Trinajstić information content (AvgIpc) is 2.53. The molecule has 0 unspecified atom stereocenters. The molecular formula is C8H14N2O2. The second kappa shape index (κ2) is 3.56. The van der Waals surface area contributed by atoms with Crippen LogP contribution in [0.3, 0.4) is 0 Å². The van der Waals surface area contributed by atoms with Crippen molar-refractivity contribution in [2.45, 2.75) is 25.7 Å². The molecule has 12 heavy (non-hydrogen) atoms. The highest BCUT2D eigenvalue weighted by molar-refractivity contribution is 5.94. The minimum absolute atomic E-state index is 0.0301. The Morgan fingerprint density at radius 2 is 1.83 bits per heavy atom. The van der Waals surface area contributed by atoms with Gasteiger partial charge in [0.1, 0.15) is 0 Å². The molecule has 0 aromatic heterocycles. The van der Waals surface area contributed by atoms with Gasteiger partial charge in [-0.2, -0.15) is 0 Å². The molecule has 1 aliphatic carbocycles. The molecule has 3 amide bonds. The fraction of sp³-hybridized carbons (Fsp3) is 0.750. The third kappa shape index (κ3) is 1.75. The number of hydrogen-bond donors (Lipinski definition) is 1. The van der Waals surface area contributed by atoms with E-state index in [-0.39, 0.29) is 11.8 Å². The van der Waals surface area contributed by atoms with E-state index in [9.17, 15) is 9.59 Å². The minimum Gasteiger partial charge on any atom is -0.351 e. The van der Waals surface area contributed by atoms with Gasteiger partial charge in [-0.3, -0.25) is 9.69 Å². The zero-order valence-corrected chi connectivity index (χ0v) is 7.25. The maximum Gasteiger partial charge on any atom is 0.321 e. The van der Waals surface area contributed by atoms with E-state index in [2.05, 4.69) is 0 Å². The first-order valence-corrected chi connectivity index (χ1v) is 4.20. The van der Waals surface area contributed by atoms with Crippen molar-refractivity contribution in [3.63, 3.8) is 0 Å². The highest BCUT2D eigenvalue weighted by Crippen LogP contribution is 2.25. The Balaban J connectivity index is 2.51. The zero-order valence-electron chi connectivity index (χ0n) is 7.25. The molecule has 0 saturated heterocycles. The van der Waals surface area contributed by atoms with E-state index in [4.69, 9.17) is 5.73 Å². The van der Waals surface area contributed by atoms with Crippen molar-refractivity contribution in [3.8, 4) is 0 Å². The smallest absolute Gasteiger partial charge is 0.321 e. The van der Waals surface area contributed by atoms with Crippen LogP contribution in [0.25, 0.3) is 0 Å². The van der Waals surface area contributed by atoms with Gasteiger partial charge in [0.05, 0.1) is 0 Å². The number of carbonyl (C=O) groups excluding carboxylic acids is 2. The lowest BCUT2D eigenvalue weighted by atomic mass is 10.1. The Morgan fingerprint density at radius 1 is 1.33 bits per heavy atom. The average molecular weight is 170 g/mol. The molecule has 1 fully saturated rings. The Morgan fingerprint density at radius 3 is 2.25 bits per heavy atom. The van der Waals surface area contributed by atoms with Gasteiger partial charge in [0, 0.05) is 13.0 Å². The van der Waals surface area contributed by atoms with Crippen LogP contribution in [-0.4, -0.2) is 23.9 Å². The largest absolute Gasteiger partial charge is 0.351 e. The summed E-state index contributed by atoms with van der Waals surface area (Å²) in [6.07, 6.45) is 3.97. The van der Waals surface area contributed by atoms with Crippen LogP contribution in [0.5, 0.6) is 0 Å². The van der Waals surface area contributed by atoms with Gasteiger partial charge in [-0.15, -0.1) is 0 Å². The van der Waals surface area contributed by atoms with Crippen molar-refractivity contribution in [2.75, 3.05) is 7.05 Å². The summed E-state index contributed by atoms with van der Waals surface area (Å²) in [6, 6.07) is -0.660. The van der Waals surface area contributed by atoms with Crippen LogP contribution in [0, 0.1) is 5.92 Å². The molecule has 0 heterocycles. The normalized spacial score (nSPS) is 17.8. The molecule has 0 aromatic rings. The Kier molecular flexibility index (Phi) is 2.68. The first-order chi connectivity index (χ1) is 5.63. The van der Waals surface area contributed by atoms with E-state index in [1.165, 1.54) is 7.05 Å². The van der Waals surface area contributed by atoms with Crippen LogP contribution >= 0.6 is 0 Å². The van der Waals surface area contributed by atoms with Crippen LogP contribution in [0.1, 0.15) is 25.7 Å². The van der Waals surface area contributed by atoms with Gasteiger partial charge in [-0.25, -0.2) is 4.79 Å². The lowest BCUT2D eigenvalue weighted by Crippen LogP contribution is -2.40. The van der Waals surface area contributed by atoms with Crippen LogP contribution in [-0.2, 0) is 4.79 Å². The van der Waals surface area contributed by atoms with Crippen LogP contribution in [0.4, 0.5) is 4.79 Å². The highest BCUT2D eigenvalue weighted by Gasteiger charge is 2.27. The molecule has 4 heteroatoms. The van der Waals surface area contributed by atoms with E-state index in [0.717, 1.165) is 30.6 Å². The molecule has 1 saturated carbocycles. The molecule has 2 N–H and O–H groups in total. The Bertz CT molecular complexity index is 197. The number of urea groups is 1. The molecule has 68 valence electrons. The molecule has 1 aliphatic rings. The summed E-state index contributed by atoms with van der Waals surface area (Å²) < 4.78 is 0. The van der Waals surface area contributed by atoms with E-state index in [0.29, 0.717) is 0 Å². The molecule has 0 spiro atoms. The fourth-order valence-electron chi connectivity index (χ4n) is 1.56. The number of carbonyl (C=O) groups is 2. The molecule has 4 nitrogen and oxygen atoms in total. The van der Waals surface area contributed by atoms with E-state index in [1.807, 2.05) is 0 Å². The topological polar surface area (TPSA) is 63.4 Å². The zero-order chi connectivity index (χ0) is 9.14. The highest BCUT2D eigenvalue weighted by atomic mass is 16.2. The fourth-order valence-corrected chi connectivity index (χ4v) is 1.56. The number of hydrogen-bond acceptors (Lipinski definition) is 2. The number of amides is 3. The summed E-state index contributed by atoms with van der Waals surface area (Å²) in [6.45, 7) is 0. The first-order valence-electron chi connectivity index (χ1n) is 4.20. The molecule has 0 atom stereocenters. The predicted octanol–water partition coefficient (Wildman–Crippen LogP) is 0.714. The van der Waals surface area contributed by atoms with Gasteiger partial charge in [0.2, 0.25) is 5.91 Å². The van der Waals surface area contributed by atoms with Gasteiger partial charge in [0.25, 0.3) is 0 Å². The van der Waals surface area contributed by atoms with Crippen molar-refractivity contribution in [1.29, 1.82) is 0 Å². The standard InChI is InChI=1S/C8H14N2O2/c1-10(8(9)12)7(11)6-4-2-3-5-6/h6H,2-5H2,1H3,(H2,9,12). The molecule has 0 aromatic carbocycles. The van der Waals surface area contributed by atoms with Crippen LogP contribution in [0.2, 0.25) is 0 Å². The maximum absolute atomic E-state index is 11.4. The molecule has 0 bridgehead atoms. The second-order valence-electron chi connectivity index (χ2n) is 3.22. The molecular weight excluding hydrogens is 156 g/mol. The van der Waals surface area contributed by atoms with Crippen molar-refractivity contribution in [3.05, 3.63) is 0 Å². The summed E-state index contributed by atoms with van der Waals surface area (Å²) in [5, 5.41) is 0. The second-order valence-corrected chi connectivity index (χ2v) is 3.22. The van der Waals surface area contributed by atoms with E-state index in [1.54, 1.807) is 0 Å². The van der Waals surface area contributed by atoms with Crippen LogP contribution < -0.4 is 5.73 Å². The minimum atomic E-state index is -0.660. The van der Waals surface area contributed by atoms with Crippen molar-refractivity contribution >= 4 is 11.9 Å². The Labute approximate surface area is 71.7 Å². The van der Waals surface area contributed by atoms with E-state index < -0.39 is 6.03 Å². The number of rotatable bonds is 1. The third-order valence-corrected chi connectivity index (χ3v) is 2.37. The SMILES string of the molecule is CN(C(N)=O)C(=O)C1CCCC1. The van der Waals surface area contributed by atoms with Gasteiger partial charge in [0.15, 0.2) is 0 Å². The molecule has 0 radical (unpaired) electrons. The van der Waals surface area contributed by atoms with Gasteiger partial charge in [-0.1, -0.05) is 12.8 Å². The number of nitrogens with zero attached hydrogens (tertiary/aromatic N) is 1. The number of nitrogens with two attached hydrogens (primary N) is 1. The first kappa shape index (κ1) is 9.03. The predicted molar refractivity (Wildman–Crippen MR) is 44.3 cm³/mol. The van der Waals surface area contributed by atoms with Gasteiger partial charge < -0.3 is 5.73 Å². The summed E-state index contributed by atoms with van der Waals surface area (Å²) in [7, 11) is 1.43. The van der Waals surface area contributed by atoms with Crippen LogP contribution in [0.15, 0.2) is 0 Å². The van der Waals surface area contributed by atoms with Crippen molar-refractivity contribution in [2.24, 2.45) is 11.7 Å².